The van der Waals surface area contributed by atoms with Gasteiger partial charge in [0.05, 0.1) is 13.2 Å². The van der Waals surface area contributed by atoms with Crippen LogP contribution in [0.15, 0.2) is 24.3 Å². The summed E-state index contributed by atoms with van der Waals surface area (Å²) < 4.78 is 5.20. The zero-order chi connectivity index (χ0) is 13.7. The Morgan fingerprint density at radius 2 is 2.37 bits per heavy atom. The van der Waals surface area contributed by atoms with Gasteiger partial charge in [-0.2, -0.15) is 0 Å². The molecular weight excluding hydrogens is 240 g/mol. The number of β-amino-alcohol motifs (C(OH)–C–C–N with tert-alkyl or cyclic N) is 1. The van der Waals surface area contributed by atoms with Gasteiger partial charge in [0.1, 0.15) is 5.75 Å². The molecule has 0 amide bonds. The normalized spacial score (nSPS) is 21.5. The average Bonchev–Trinajstić information content (AvgIpc) is 2.86. The lowest BCUT2D eigenvalue weighted by molar-refractivity contribution is 0.106. The van der Waals surface area contributed by atoms with Crippen molar-refractivity contribution in [3.05, 3.63) is 29.8 Å². The monoisotopic (exact) mass is 264 g/mol. The lowest BCUT2D eigenvalue weighted by Crippen LogP contribution is -2.39. The number of likely N-dealkylation sites (tertiary alicyclic amines) is 1. The number of benzene rings is 1. The van der Waals surface area contributed by atoms with Crippen LogP contribution in [0, 0.1) is 0 Å². The first-order chi connectivity index (χ1) is 9.24. The summed E-state index contributed by atoms with van der Waals surface area (Å²) in [7, 11) is 3.63. The Labute approximate surface area is 115 Å². The Hall–Kier alpha value is -1.10. The second-order valence-electron chi connectivity index (χ2n) is 5.14. The number of hydrogen-bond donors (Lipinski definition) is 2. The maximum absolute atomic E-state index is 10.4. The maximum atomic E-state index is 10.4. The van der Waals surface area contributed by atoms with E-state index in [0.29, 0.717) is 12.6 Å². The fraction of sp³-hybridized carbons (Fsp3) is 0.600. The van der Waals surface area contributed by atoms with E-state index < -0.39 is 6.10 Å². The molecule has 4 heteroatoms. The number of aliphatic hydroxyl groups is 1. The van der Waals surface area contributed by atoms with Crippen molar-refractivity contribution in [2.24, 2.45) is 0 Å². The molecule has 1 heterocycles. The fourth-order valence-corrected chi connectivity index (χ4v) is 2.78. The molecule has 0 aromatic heterocycles. The molecule has 0 spiro atoms. The lowest BCUT2D eigenvalue weighted by atomic mass is 10.1. The van der Waals surface area contributed by atoms with E-state index in [1.165, 1.54) is 12.8 Å². The van der Waals surface area contributed by atoms with Gasteiger partial charge in [0.25, 0.3) is 0 Å². The van der Waals surface area contributed by atoms with Gasteiger partial charge in [0.15, 0.2) is 0 Å². The third-order valence-corrected chi connectivity index (χ3v) is 3.82. The Morgan fingerprint density at radius 1 is 1.53 bits per heavy atom. The highest BCUT2D eigenvalue weighted by Gasteiger charge is 2.26. The van der Waals surface area contributed by atoms with Crippen molar-refractivity contribution in [1.82, 2.24) is 10.2 Å². The van der Waals surface area contributed by atoms with Gasteiger partial charge in [-0.3, -0.25) is 4.90 Å². The van der Waals surface area contributed by atoms with Crippen molar-refractivity contribution in [2.45, 2.75) is 25.0 Å². The van der Waals surface area contributed by atoms with Crippen LogP contribution < -0.4 is 10.1 Å². The molecule has 1 fully saturated rings. The molecule has 106 valence electrons. The Bertz CT molecular complexity index is 397. The van der Waals surface area contributed by atoms with Crippen molar-refractivity contribution in [2.75, 3.05) is 33.8 Å². The van der Waals surface area contributed by atoms with Crippen LogP contribution in [0.1, 0.15) is 24.5 Å². The number of rotatable bonds is 6. The minimum atomic E-state index is -0.451. The van der Waals surface area contributed by atoms with Gasteiger partial charge in [-0.1, -0.05) is 12.1 Å². The first-order valence-electron chi connectivity index (χ1n) is 6.95. The Morgan fingerprint density at radius 3 is 3.11 bits per heavy atom. The van der Waals surface area contributed by atoms with Crippen LogP contribution in [0.5, 0.6) is 5.75 Å². The zero-order valence-electron chi connectivity index (χ0n) is 11.8. The minimum Gasteiger partial charge on any atom is -0.497 e. The van der Waals surface area contributed by atoms with E-state index in [2.05, 4.69) is 10.2 Å². The molecule has 1 aliphatic heterocycles. The molecule has 0 saturated carbocycles. The molecule has 1 aromatic rings. The molecule has 2 unspecified atom stereocenters. The molecule has 1 aromatic carbocycles. The van der Waals surface area contributed by atoms with Crippen molar-refractivity contribution in [1.29, 1.82) is 0 Å². The Balaban J connectivity index is 1.97. The van der Waals surface area contributed by atoms with Crippen molar-refractivity contribution < 1.29 is 9.84 Å². The van der Waals surface area contributed by atoms with Crippen LogP contribution in [0.4, 0.5) is 0 Å². The van der Waals surface area contributed by atoms with Crippen LogP contribution in [-0.2, 0) is 0 Å². The number of nitrogens with one attached hydrogen (secondary N) is 1. The predicted molar refractivity (Wildman–Crippen MR) is 76.5 cm³/mol. The van der Waals surface area contributed by atoms with Gasteiger partial charge in [-0.15, -0.1) is 0 Å². The molecule has 2 atom stereocenters. The second-order valence-corrected chi connectivity index (χ2v) is 5.14. The second kappa shape index (κ2) is 6.89. The van der Waals surface area contributed by atoms with Crippen molar-refractivity contribution in [3.63, 3.8) is 0 Å². The molecule has 0 bridgehead atoms. The number of methoxy groups -OCH3 is 1. The van der Waals surface area contributed by atoms with Gasteiger partial charge in [-0.05, 0) is 44.1 Å². The summed E-state index contributed by atoms with van der Waals surface area (Å²) in [5.41, 5.74) is 0.925. The fourth-order valence-electron chi connectivity index (χ4n) is 2.78. The molecule has 0 aliphatic carbocycles. The topological polar surface area (TPSA) is 44.7 Å². The van der Waals surface area contributed by atoms with E-state index in [4.69, 9.17) is 4.74 Å². The van der Waals surface area contributed by atoms with Crippen LogP contribution >= 0.6 is 0 Å². The van der Waals surface area contributed by atoms with Gasteiger partial charge >= 0.3 is 0 Å². The molecule has 4 nitrogen and oxygen atoms in total. The average molecular weight is 264 g/mol. The van der Waals surface area contributed by atoms with E-state index >= 15 is 0 Å². The third-order valence-electron chi connectivity index (χ3n) is 3.82. The van der Waals surface area contributed by atoms with Gasteiger partial charge < -0.3 is 15.2 Å². The third kappa shape index (κ3) is 3.69. The molecule has 1 saturated heterocycles. The number of nitrogens with zero attached hydrogens (tertiary/aromatic N) is 1. The number of ether oxygens (including phenoxy) is 1. The molecule has 0 radical (unpaired) electrons. The summed E-state index contributed by atoms with van der Waals surface area (Å²) in [5, 5.41) is 13.6. The van der Waals surface area contributed by atoms with E-state index in [-0.39, 0.29) is 0 Å². The Kier molecular flexibility index (Phi) is 5.19. The predicted octanol–water partition coefficient (Wildman–Crippen LogP) is 1.41. The summed E-state index contributed by atoms with van der Waals surface area (Å²) in [6, 6.07) is 8.23. The first kappa shape index (κ1) is 14.3. The summed E-state index contributed by atoms with van der Waals surface area (Å²) in [6.07, 6.45) is 1.98. The standard InChI is InChI=1S/C15H24N2O2/c1-16-10-13-6-4-8-17(13)11-15(18)12-5-3-7-14(9-12)19-2/h3,5,7,9,13,15-16,18H,4,6,8,10-11H2,1-2H3. The van der Waals surface area contributed by atoms with Gasteiger partial charge in [0.2, 0.25) is 0 Å². The zero-order valence-corrected chi connectivity index (χ0v) is 11.8. The number of hydrogen-bond acceptors (Lipinski definition) is 4. The van der Waals surface area contributed by atoms with Crippen LogP contribution in [0.3, 0.4) is 0 Å². The van der Waals surface area contributed by atoms with Crippen molar-refractivity contribution in [3.8, 4) is 5.75 Å². The SMILES string of the molecule is CNCC1CCCN1CC(O)c1cccc(OC)c1. The maximum Gasteiger partial charge on any atom is 0.119 e. The smallest absolute Gasteiger partial charge is 0.119 e. The number of aliphatic hydroxyl groups excluding tert-OH is 1. The van der Waals surface area contributed by atoms with Gasteiger partial charge in [-0.25, -0.2) is 0 Å². The highest BCUT2D eigenvalue weighted by Crippen LogP contribution is 2.23. The van der Waals surface area contributed by atoms with Crippen LogP contribution in [-0.4, -0.2) is 49.8 Å². The summed E-state index contributed by atoms with van der Waals surface area (Å²) in [6.45, 7) is 2.76. The van der Waals surface area contributed by atoms with Crippen LogP contribution in [0.2, 0.25) is 0 Å². The molecule has 2 N–H and O–H groups in total. The largest absolute Gasteiger partial charge is 0.497 e. The quantitative estimate of drug-likeness (QED) is 0.815. The van der Waals surface area contributed by atoms with E-state index in [0.717, 1.165) is 24.4 Å². The molecular formula is C15H24N2O2. The van der Waals surface area contributed by atoms with Crippen molar-refractivity contribution >= 4 is 0 Å². The summed E-state index contributed by atoms with van der Waals surface area (Å²) in [5.74, 6) is 0.796. The highest BCUT2D eigenvalue weighted by atomic mass is 16.5. The van der Waals surface area contributed by atoms with Crippen LogP contribution in [0.25, 0.3) is 0 Å². The number of likely N-dealkylation sites (N-methyl/N-ethyl adjacent to an activating group) is 1. The molecule has 19 heavy (non-hydrogen) atoms. The summed E-state index contributed by atoms with van der Waals surface area (Å²) >= 11 is 0. The van der Waals surface area contributed by atoms with E-state index in [1.54, 1.807) is 7.11 Å². The minimum absolute atomic E-state index is 0.451. The first-order valence-corrected chi connectivity index (χ1v) is 6.95. The lowest BCUT2D eigenvalue weighted by Gasteiger charge is -2.26. The summed E-state index contributed by atoms with van der Waals surface area (Å²) in [4.78, 5) is 2.38. The molecule has 2 rings (SSSR count). The highest BCUT2D eigenvalue weighted by molar-refractivity contribution is 5.29. The van der Waals surface area contributed by atoms with Gasteiger partial charge in [0, 0.05) is 19.1 Å². The molecule has 1 aliphatic rings. The van der Waals surface area contributed by atoms with E-state index in [1.807, 2.05) is 31.3 Å². The van der Waals surface area contributed by atoms with E-state index in [9.17, 15) is 5.11 Å².